The maximum absolute atomic E-state index is 12.1. The molecule has 0 aliphatic rings. The third-order valence-corrected chi connectivity index (χ3v) is 4.33. The van der Waals surface area contributed by atoms with Gasteiger partial charge in [-0.3, -0.25) is 0 Å². The number of nitrogens with zero attached hydrogens (tertiary/aromatic N) is 2. The van der Waals surface area contributed by atoms with Crippen molar-refractivity contribution in [1.29, 1.82) is 0 Å². The molecule has 7 heteroatoms. The smallest absolute Gasteiger partial charge is 0.259 e. The van der Waals surface area contributed by atoms with Gasteiger partial charge >= 0.3 is 0 Å². The molecule has 0 bridgehead atoms. The fourth-order valence-corrected chi connectivity index (χ4v) is 2.83. The van der Waals surface area contributed by atoms with Gasteiger partial charge in [0, 0.05) is 26.3 Å². The minimum atomic E-state index is -3.59. The summed E-state index contributed by atoms with van der Waals surface area (Å²) in [6.45, 7) is 2.40. The number of nitrogens with two attached hydrogens (primary N) is 1. The number of aromatic nitrogens is 2. The molecule has 1 heterocycles. The van der Waals surface area contributed by atoms with Gasteiger partial charge in [-0.05, 0) is 18.1 Å². The van der Waals surface area contributed by atoms with E-state index in [1.54, 1.807) is 18.5 Å². The van der Waals surface area contributed by atoms with Crippen molar-refractivity contribution in [2.75, 3.05) is 0 Å². The minimum absolute atomic E-state index is 0.0347. The highest BCUT2D eigenvalue weighted by Gasteiger charge is 2.17. The van der Waals surface area contributed by atoms with Gasteiger partial charge in [-0.25, -0.2) is 18.1 Å². The Hall–Kier alpha value is -1.70. The molecule has 0 aliphatic carbocycles. The van der Waals surface area contributed by atoms with E-state index in [1.165, 1.54) is 6.20 Å². The number of benzene rings is 1. The van der Waals surface area contributed by atoms with Crippen molar-refractivity contribution in [3.8, 4) is 0 Å². The maximum Gasteiger partial charge on any atom is 0.259 e. The lowest BCUT2D eigenvalue weighted by molar-refractivity contribution is 0.578. The molecule has 0 unspecified atom stereocenters. The van der Waals surface area contributed by atoms with Gasteiger partial charge in [0.05, 0.1) is 0 Å². The lowest BCUT2D eigenvalue weighted by atomic mass is 10.1. The summed E-state index contributed by atoms with van der Waals surface area (Å²) in [5.41, 5.74) is 7.39. The van der Waals surface area contributed by atoms with Crippen LogP contribution in [0.1, 0.15) is 17.0 Å². The highest BCUT2D eigenvalue weighted by molar-refractivity contribution is 7.89. The Bertz CT molecular complexity index is 687. The van der Waals surface area contributed by atoms with Crippen molar-refractivity contribution < 1.29 is 8.42 Å². The summed E-state index contributed by atoms with van der Waals surface area (Å²) in [5, 5.41) is 0.0347. The minimum Gasteiger partial charge on any atom is -0.337 e. The number of hydrogen-bond donors (Lipinski definition) is 2. The molecule has 0 atom stereocenters. The zero-order chi connectivity index (χ0) is 14.8. The summed E-state index contributed by atoms with van der Waals surface area (Å²) in [7, 11) is -1.84. The van der Waals surface area contributed by atoms with Crippen LogP contribution in [0.15, 0.2) is 35.5 Å². The van der Waals surface area contributed by atoms with Crippen molar-refractivity contribution in [3.05, 3.63) is 47.4 Å². The first kappa shape index (κ1) is 14.7. The summed E-state index contributed by atoms with van der Waals surface area (Å²) in [6, 6.07) is 7.49. The van der Waals surface area contributed by atoms with Crippen LogP contribution in [0.25, 0.3) is 0 Å². The zero-order valence-corrected chi connectivity index (χ0v) is 12.3. The Morgan fingerprint density at radius 2 is 2.05 bits per heavy atom. The fraction of sp³-hybridized carbons (Fsp3) is 0.308. The van der Waals surface area contributed by atoms with Crippen molar-refractivity contribution in [3.63, 3.8) is 0 Å². The van der Waals surface area contributed by atoms with Crippen molar-refractivity contribution in [1.82, 2.24) is 14.3 Å². The summed E-state index contributed by atoms with van der Waals surface area (Å²) in [5.74, 6) is 0.649. The van der Waals surface area contributed by atoms with Gasteiger partial charge in [0.1, 0.15) is 5.82 Å². The van der Waals surface area contributed by atoms with E-state index in [0.29, 0.717) is 12.4 Å². The Morgan fingerprint density at radius 3 is 2.65 bits per heavy atom. The van der Waals surface area contributed by atoms with E-state index in [4.69, 9.17) is 5.73 Å². The third-order valence-electron chi connectivity index (χ3n) is 3.06. The molecule has 6 nitrogen and oxygen atoms in total. The van der Waals surface area contributed by atoms with E-state index in [2.05, 4.69) is 9.71 Å². The first-order valence-corrected chi connectivity index (χ1v) is 7.68. The molecule has 0 aliphatic heterocycles. The van der Waals surface area contributed by atoms with Gasteiger partial charge in [-0.2, -0.15) is 0 Å². The van der Waals surface area contributed by atoms with Gasteiger partial charge in [0.25, 0.3) is 10.0 Å². The topological polar surface area (TPSA) is 90.0 Å². The molecule has 3 N–H and O–H groups in total. The molecule has 0 saturated heterocycles. The molecule has 0 spiro atoms. The number of hydrogen-bond acceptors (Lipinski definition) is 4. The van der Waals surface area contributed by atoms with E-state index >= 15 is 0 Å². The summed E-state index contributed by atoms with van der Waals surface area (Å²) in [6.07, 6.45) is 1.49. The highest BCUT2D eigenvalue weighted by Crippen LogP contribution is 2.09. The number of nitrogens with one attached hydrogen (secondary N) is 1. The van der Waals surface area contributed by atoms with Gasteiger partial charge in [-0.1, -0.05) is 24.3 Å². The van der Waals surface area contributed by atoms with E-state index in [9.17, 15) is 8.42 Å². The monoisotopic (exact) mass is 294 g/mol. The average Bonchev–Trinajstić information content (AvgIpc) is 2.78. The standard InChI is InChI=1S/C13H18N4O2S/c1-10-16-13(9-17(10)2)20(18,19)15-8-12-5-3-4-11(6-12)7-14/h3-6,9,15H,7-8,14H2,1-2H3. The molecule has 0 fully saturated rings. The Kier molecular flexibility index (Phi) is 4.22. The van der Waals surface area contributed by atoms with E-state index in [1.807, 2.05) is 24.3 Å². The number of imidazole rings is 1. The highest BCUT2D eigenvalue weighted by atomic mass is 32.2. The summed E-state index contributed by atoms with van der Waals surface area (Å²) in [4.78, 5) is 4.02. The lowest BCUT2D eigenvalue weighted by Gasteiger charge is -2.06. The van der Waals surface area contributed by atoms with Crippen molar-refractivity contribution in [2.45, 2.75) is 25.0 Å². The molecule has 20 heavy (non-hydrogen) atoms. The number of rotatable bonds is 5. The van der Waals surface area contributed by atoms with Crippen LogP contribution in [0.4, 0.5) is 0 Å². The Balaban J connectivity index is 2.12. The van der Waals surface area contributed by atoms with Gasteiger partial charge in [0.2, 0.25) is 0 Å². The van der Waals surface area contributed by atoms with Crippen LogP contribution < -0.4 is 10.5 Å². The molecule has 0 amide bonds. The molecular formula is C13H18N4O2S. The van der Waals surface area contributed by atoms with Crippen LogP contribution >= 0.6 is 0 Å². The Labute approximate surface area is 118 Å². The van der Waals surface area contributed by atoms with Crippen LogP contribution in [0.2, 0.25) is 0 Å². The lowest BCUT2D eigenvalue weighted by Crippen LogP contribution is -2.23. The maximum atomic E-state index is 12.1. The first-order chi connectivity index (χ1) is 9.42. The van der Waals surface area contributed by atoms with Gasteiger partial charge in [0.15, 0.2) is 5.03 Å². The zero-order valence-electron chi connectivity index (χ0n) is 11.5. The van der Waals surface area contributed by atoms with E-state index in [0.717, 1.165) is 11.1 Å². The predicted molar refractivity (Wildman–Crippen MR) is 76.3 cm³/mol. The summed E-state index contributed by atoms with van der Waals surface area (Å²) < 4.78 is 28.4. The second-order valence-electron chi connectivity index (χ2n) is 4.59. The van der Waals surface area contributed by atoms with Crippen LogP contribution in [-0.2, 0) is 30.2 Å². The second-order valence-corrected chi connectivity index (χ2v) is 6.30. The normalized spacial score (nSPS) is 11.8. The third kappa shape index (κ3) is 3.24. The van der Waals surface area contributed by atoms with Crippen molar-refractivity contribution in [2.24, 2.45) is 12.8 Å². The van der Waals surface area contributed by atoms with Crippen LogP contribution in [0.5, 0.6) is 0 Å². The van der Waals surface area contributed by atoms with Crippen LogP contribution in [0.3, 0.4) is 0 Å². The van der Waals surface area contributed by atoms with E-state index < -0.39 is 10.0 Å². The molecule has 1 aromatic heterocycles. The molecule has 2 rings (SSSR count). The molecule has 0 saturated carbocycles. The molecule has 0 radical (unpaired) electrons. The average molecular weight is 294 g/mol. The SMILES string of the molecule is Cc1nc(S(=O)(=O)NCc2cccc(CN)c2)cn1C. The second kappa shape index (κ2) is 5.74. The fourth-order valence-electron chi connectivity index (χ4n) is 1.77. The summed E-state index contributed by atoms with van der Waals surface area (Å²) >= 11 is 0. The largest absolute Gasteiger partial charge is 0.337 e. The molecular weight excluding hydrogens is 276 g/mol. The quantitative estimate of drug-likeness (QED) is 0.848. The Morgan fingerprint density at radius 1 is 1.35 bits per heavy atom. The molecule has 1 aromatic carbocycles. The van der Waals surface area contributed by atoms with E-state index in [-0.39, 0.29) is 11.6 Å². The van der Waals surface area contributed by atoms with Gasteiger partial charge in [-0.15, -0.1) is 0 Å². The molecule has 108 valence electrons. The first-order valence-electron chi connectivity index (χ1n) is 6.20. The van der Waals surface area contributed by atoms with Crippen molar-refractivity contribution >= 4 is 10.0 Å². The number of aryl methyl sites for hydroxylation is 2. The predicted octanol–water partition coefficient (Wildman–Crippen LogP) is 0.666. The van der Waals surface area contributed by atoms with Gasteiger partial charge < -0.3 is 10.3 Å². The molecule has 2 aromatic rings. The number of sulfonamides is 1. The van der Waals surface area contributed by atoms with Crippen LogP contribution in [0, 0.1) is 6.92 Å². The van der Waals surface area contributed by atoms with Crippen LogP contribution in [-0.4, -0.2) is 18.0 Å².